The van der Waals surface area contributed by atoms with Gasteiger partial charge in [-0.2, -0.15) is 0 Å². The van der Waals surface area contributed by atoms with Gasteiger partial charge in [0.2, 0.25) is 11.6 Å². The second-order valence-corrected chi connectivity index (χ2v) is 3.38. The molecule has 0 amide bonds. The van der Waals surface area contributed by atoms with Crippen molar-refractivity contribution in [2.45, 2.75) is 37.9 Å². The summed E-state index contributed by atoms with van der Waals surface area (Å²) >= 11 is 0. The van der Waals surface area contributed by atoms with Crippen LogP contribution >= 0.6 is 0 Å². The van der Waals surface area contributed by atoms with Gasteiger partial charge in [0, 0.05) is 6.61 Å². The van der Waals surface area contributed by atoms with Gasteiger partial charge in [0.1, 0.15) is 6.10 Å². The summed E-state index contributed by atoms with van der Waals surface area (Å²) in [5.74, 6) is -4.28. The van der Waals surface area contributed by atoms with Gasteiger partial charge in [0.15, 0.2) is 0 Å². The number of rotatable bonds is 3. The summed E-state index contributed by atoms with van der Waals surface area (Å²) in [5, 5.41) is 28.3. The van der Waals surface area contributed by atoms with Crippen LogP contribution < -0.4 is 0 Å². The maximum Gasteiger partial charge on any atom is 0.247 e. The Bertz CT molecular complexity index is 177. The quantitative estimate of drug-likeness (QED) is 0.510. The van der Waals surface area contributed by atoms with E-state index in [4.69, 9.17) is 9.47 Å². The highest BCUT2D eigenvalue weighted by Crippen LogP contribution is 2.33. The predicted octanol–water partition coefficient (Wildman–Crippen LogP) is -0.799. The number of hydrogen-bond donors (Lipinski definition) is 3. The fraction of sp³-hybridized carbons (Fsp3) is 1.00. The summed E-state index contributed by atoms with van der Waals surface area (Å²) in [5.41, 5.74) is 0. The van der Waals surface area contributed by atoms with Gasteiger partial charge in [-0.3, -0.25) is 0 Å². The minimum atomic E-state index is -2.33. The van der Waals surface area contributed by atoms with Crippen molar-refractivity contribution >= 4 is 0 Å². The van der Waals surface area contributed by atoms with E-state index in [1.54, 1.807) is 0 Å². The molecule has 0 radical (unpaired) electrons. The van der Waals surface area contributed by atoms with Crippen LogP contribution in [0.15, 0.2) is 0 Å². The Labute approximate surface area is 76.9 Å². The van der Waals surface area contributed by atoms with Crippen LogP contribution in [0.1, 0.15) is 20.3 Å². The molecule has 0 aliphatic carbocycles. The van der Waals surface area contributed by atoms with Crippen LogP contribution in [0.4, 0.5) is 0 Å². The second-order valence-electron chi connectivity index (χ2n) is 3.38. The van der Waals surface area contributed by atoms with Crippen molar-refractivity contribution in [2.24, 2.45) is 0 Å². The molecular formula is C8H16O5. The molecule has 0 spiro atoms. The van der Waals surface area contributed by atoms with Crippen LogP contribution in [0.3, 0.4) is 0 Å². The fourth-order valence-corrected chi connectivity index (χ4v) is 1.18. The summed E-state index contributed by atoms with van der Waals surface area (Å²) < 4.78 is 9.91. The van der Waals surface area contributed by atoms with Crippen molar-refractivity contribution in [1.29, 1.82) is 0 Å². The first-order valence-corrected chi connectivity index (χ1v) is 4.34. The zero-order valence-corrected chi connectivity index (χ0v) is 7.86. The van der Waals surface area contributed by atoms with Crippen LogP contribution in [0, 0.1) is 0 Å². The van der Waals surface area contributed by atoms with E-state index in [1.165, 1.54) is 6.92 Å². The standard InChI is InChI=1S/C8H16O5/c1-3-4-12-6-5-13-7(2,9)8(6,10)11/h6,9-11H,3-5H2,1-2H3. The molecule has 0 bridgehead atoms. The van der Waals surface area contributed by atoms with Crippen molar-refractivity contribution in [3.05, 3.63) is 0 Å². The summed E-state index contributed by atoms with van der Waals surface area (Å²) in [4.78, 5) is 0. The minimum absolute atomic E-state index is 0.0139. The fourth-order valence-electron chi connectivity index (χ4n) is 1.18. The highest BCUT2D eigenvalue weighted by atomic mass is 16.7. The molecule has 13 heavy (non-hydrogen) atoms. The summed E-state index contributed by atoms with van der Waals surface area (Å²) in [6, 6.07) is 0. The first-order valence-electron chi connectivity index (χ1n) is 4.34. The Kier molecular flexibility index (Phi) is 2.94. The number of aliphatic hydroxyl groups is 3. The highest BCUT2D eigenvalue weighted by molar-refractivity contribution is 4.93. The third-order valence-corrected chi connectivity index (χ3v) is 2.17. The topological polar surface area (TPSA) is 79.2 Å². The molecule has 5 heteroatoms. The maximum atomic E-state index is 9.46. The van der Waals surface area contributed by atoms with Gasteiger partial charge in [-0.15, -0.1) is 0 Å². The summed E-state index contributed by atoms with van der Waals surface area (Å²) in [7, 11) is 0. The summed E-state index contributed by atoms with van der Waals surface area (Å²) in [6.07, 6.45) is -0.114. The Hall–Kier alpha value is -0.200. The normalized spacial score (nSPS) is 38.1. The van der Waals surface area contributed by atoms with E-state index in [1.807, 2.05) is 6.92 Å². The van der Waals surface area contributed by atoms with Crippen molar-refractivity contribution in [2.75, 3.05) is 13.2 Å². The minimum Gasteiger partial charge on any atom is -0.370 e. The smallest absolute Gasteiger partial charge is 0.247 e. The van der Waals surface area contributed by atoms with Crippen molar-refractivity contribution in [3.8, 4) is 0 Å². The van der Waals surface area contributed by atoms with E-state index in [0.717, 1.165) is 6.42 Å². The molecule has 1 fully saturated rings. The molecule has 1 heterocycles. The molecule has 78 valence electrons. The highest BCUT2D eigenvalue weighted by Gasteiger charge is 2.58. The maximum absolute atomic E-state index is 9.46. The van der Waals surface area contributed by atoms with Crippen LogP contribution in [0.2, 0.25) is 0 Å². The molecule has 0 aromatic carbocycles. The van der Waals surface area contributed by atoms with Crippen LogP contribution in [0.25, 0.3) is 0 Å². The molecule has 5 nitrogen and oxygen atoms in total. The van der Waals surface area contributed by atoms with Crippen molar-refractivity contribution < 1.29 is 24.8 Å². The van der Waals surface area contributed by atoms with Gasteiger partial charge in [-0.05, 0) is 13.3 Å². The first-order chi connectivity index (χ1) is 5.92. The van der Waals surface area contributed by atoms with Gasteiger partial charge in [-0.1, -0.05) is 6.92 Å². The van der Waals surface area contributed by atoms with Crippen LogP contribution in [-0.4, -0.2) is 46.2 Å². The molecule has 1 saturated heterocycles. The zero-order chi connectivity index (χ0) is 10.1. The lowest BCUT2D eigenvalue weighted by atomic mass is 10.1. The molecule has 1 rings (SSSR count). The van der Waals surface area contributed by atoms with Crippen LogP contribution in [-0.2, 0) is 9.47 Å². The lowest BCUT2D eigenvalue weighted by Crippen LogP contribution is -2.55. The molecule has 0 saturated carbocycles. The Balaban J connectivity index is 2.60. The van der Waals surface area contributed by atoms with Gasteiger partial charge >= 0.3 is 0 Å². The monoisotopic (exact) mass is 192 g/mol. The van der Waals surface area contributed by atoms with E-state index >= 15 is 0 Å². The van der Waals surface area contributed by atoms with Crippen molar-refractivity contribution in [3.63, 3.8) is 0 Å². The van der Waals surface area contributed by atoms with E-state index < -0.39 is 17.7 Å². The van der Waals surface area contributed by atoms with E-state index in [9.17, 15) is 15.3 Å². The van der Waals surface area contributed by atoms with Gasteiger partial charge in [0.05, 0.1) is 6.61 Å². The average Bonchev–Trinajstić information content (AvgIpc) is 2.21. The molecule has 3 N–H and O–H groups in total. The summed E-state index contributed by atoms with van der Waals surface area (Å²) in [6.45, 7) is 3.50. The van der Waals surface area contributed by atoms with Gasteiger partial charge < -0.3 is 24.8 Å². The first kappa shape index (κ1) is 10.9. The third-order valence-electron chi connectivity index (χ3n) is 2.17. The third kappa shape index (κ3) is 1.84. The Morgan fingerprint density at radius 1 is 1.46 bits per heavy atom. The molecular weight excluding hydrogens is 176 g/mol. The largest absolute Gasteiger partial charge is 0.370 e. The average molecular weight is 192 g/mol. The number of ether oxygens (including phenoxy) is 2. The molecule has 1 aliphatic rings. The van der Waals surface area contributed by atoms with E-state index in [2.05, 4.69) is 0 Å². The van der Waals surface area contributed by atoms with E-state index in [0.29, 0.717) is 6.61 Å². The lowest BCUT2D eigenvalue weighted by Gasteiger charge is -2.30. The zero-order valence-electron chi connectivity index (χ0n) is 7.86. The second kappa shape index (κ2) is 3.51. The van der Waals surface area contributed by atoms with Crippen LogP contribution in [0.5, 0.6) is 0 Å². The molecule has 2 unspecified atom stereocenters. The van der Waals surface area contributed by atoms with Gasteiger partial charge in [0.25, 0.3) is 0 Å². The Morgan fingerprint density at radius 3 is 2.46 bits per heavy atom. The number of hydrogen-bond acceptors (Lipinski definition) is 5. The molecule has 1 aliphatic heterocycles. The van der Waals surface area contributed by atoms with Crippen molar-refractivity contribution in [1.82, 2.24) is 0 Å². The molecule has 2 atom stereocenters. The SMILES string of the molecule is CCCOC1COC(C)(O)C1(O)O. The Morgan fingerprint density at radius 2 is 2.08 bits per heavy atom. The van der Waals surface area contributed by atoms with E-state index in [-0.39, 0.29) is 6.61 Å². The lowest BCUT2D eigenvalue weighted by molar-refractivity contribution is -0.338. The predicted molar refractivity (Wildman–Crippen MR) is 43.8 cm³/mol. The molecule has 0 aromatic heterocycles. The molecule has 0 aromatic rings. The van der Waals surface area contributed by atoms with Gasteiger partial charge in [-0.25, -0.2) is 0 Å².